The second-order valence-electron chi connectivity index (χ2n) is 6.02. The van der Waals surface area contributed by atoms with Crippen LogP contribution in [0.4, 0.5) is 5.69 Å². The summed E-state index contributed by atoms with van der Waals surface area (Å²) in [5, 5.41) is 2.89. The third-order valence-electron chi connectivity index (χ3n) is 4.03. The van der Waals surface area contributed by atoms with E-state index in [0.717, 1.165) is 18.4 Å². The molecule has 5 heteroatoms. The lowest BCUT2D eigenvalue weighted by Gasteiger charge is -2.18. The second kappa shape index (κ2) is 6.74. The largest absolute Gasteiger partial charge is 0.444 e. The molecule has 5 nitrogen and oxygen atoms in total. The number of rotatable bonds is 5. The third-order valence-corrected chi connectivity index (χ3v) is 4.03. The van der Waals surface area contributed by atoms with Crippen LogP contribution < -0.4 is 11.1 Å². The third kappa shape index (κ3) is 3.56. The predicted octanol–water partition coefficient (Wildman–Crippen LogP) is 2.75. The number of ether oxygens (including phenoxy) is 1. The molecule has 0 saturated heterocycles. The molecule has 0 aliphatic heterocycles. The number of nitrogens with two attached hydrogens (primary N) is 1. The van der Waals surface area contributed by atoms with Crippen LogP contribution in [0.2, 0.25) is 0 Å². The summed E-state index contributed by atoms with van der Waals surface area (Å²) in [5.41, 5.74) is 8.04. The van der Waals surface area contributed by atoms with Crippen molar-refractivity contribution in [2.45, 2.75) is 31.9 Å². The Hall–Kier alpha value is -2.82. The van der Waals surface area contributed by atoms with Crippen LogP contribution in [0.15, 0.2) is 48.5 Å². The average molecular weight is 324 g/mol. The van der Waals surface area contributed by atoms with Gasteiger partial charge in [-0.15, -0.1) is 0 Å². The van der Waals surface area contributed by atoms with Crippen molar-refractivity contribution in [3.63, 3.8) is 0 Å². The summed E-state index contributed by atoms with van der Waals surface area (Å²) < 4.78 is 5.52. The van der Waals surface area contributed by atoms with E-state index in [9.17, 15) is 9.59 Å². The van der Waals surface area contributed by atoms with Gasteiger partial charge in [0.1, 0.15) is 0 Å². The minimum atomic E-state index is -0.987. The molecule has 0 unspecified atom stereocenters. The lowest BCUT2D eigenvalue weighted by Crippen LogP contribution is -2.33. The summed E-state index contributed by atoms with van der Waals surface area (Å²) in [6.07, 6.45) is 0.942. The van der Waals surface area contributed by atoms with E-state index in [1.54, 1.807) is 24.3 Å². The van der Waals surface area contributed by atoms with Gasteiger partial charge in [-0.25, -0.2) is 4.79 Å². The smallest absolute Gasteiger partial charge is 0.341 e. The molecule has 124 valence electrons. The number of carbonyl (C=O) groups excluding carboxylic acids is 2. The van der Waals surface area contributed by atoms with Gasteiger partial charge in [-0.05, 0) is 31.4 Å². The van der Waals surface area contributed by atoms with Gasteiger partial charge >= 0.3 is 5.97 Å². The molecule has 0 bridgehead atoms. The first-order valence-corrected chi connectivity index (χ1v) is 7.97. The van der Waals surface area contributed by atoms with Crippen LogP contribution in [0, 0.1) is 6.92 Å². The molecule has 0 aromatic heterocycles. The van der Waals surface area contributed by atoms with E-state index in [-0.39, 0.29) is 17.5 Å². The maximum absolute atomic E-state index is 12.5. The summed E-state index contributed by atoms with van der Waals surface area (Å²) >= 11 is 0. The van der Waals surface area contributed by atoms with E-state index in [0.29, 0.717) is 11.3 Å². The van der Waals surface area contributed by atoms with E-state index < -0.39 is 12.1 Å². The summed E-state index contributed by atoms with van der Waals surface area (Å²) in [4.78, 5) is 25.0. The summed E-state index contributed by atoms with van der Waals surface area (Å²) in [7, 11) is 0. The molecular weight excluding hydrogens is 304 g/mol. The molecular formula is C19H20N2O3. The van der Waals surface area contributed by atoms with Gasteiger partial charge in [0.15, 0.2) is 0 Å². The van der Waals surface area contributed by atoms with Crippen molar-refractivity contribution >= 4 is 17.6 Å². The fourth-order valence-electron chi connectivity index (χ4n) is 2.43. The van der Waals surface area contributed by atoms with Gasteiger partial charge in [0.05, 0.1) is 5.56 Å². The Morgan fingerprint density at radius 3 is 2.50 bits per heavy atom. The van der Waals surface area contributed by atoms with E-state index in [4.69, 9.17) is 10.5 Å². The summed E-state index contributed by atoms with van der Waals surface area (Å²) in [6, 6.07) is 14.3. The molecule has 1 fully saturated rings. The first kappa shape index (κ1) is 16.1. The van der Waals surface area contributed by atoms with Crippen molar-refractivity contribution in [2.75, 3.05) is 5.73 Å². The van der Waals surface area contributed by atoms with Crippen LogP contribution in [0.5, 0.6) is 0 Å². The molecule has 0 radical (unpaired) electrons. The maximum Gasteiger partial charge on any atom is 0.341 e. The second-order valence-corrected chi connectivity index (χ2v) is 6.02. The molecule has 2 aromatic rings. The molecule has 0 spiro atoms. The zero-order valence-electron chi connectivity index (χ0n) is 13.5. The number of hydrogen-bond acceptors (Lipinski definition) is 4. The molecule has 2 aromatic carbocycles. The van der Waals surface area contributed by atoms with Crippen molar-refractivity contribution in [1.29, 1.82) is 0 Å². The number of nitrogens with one attached hydrogen (secondary N) is 1. The zero-order chi connectivity index (χ0) is 17.1. The fraction of sp³-hybridized carbons (Fsp3) is 0.263. The van der Waals surface area contributed by atoms with E-state index >= 15 is 0 Å². The molecule has 1 atom stereocenters. The number of esters is 1. The molecule has 1 aliphatic carbocycles. The first-order chi connectivity index (χ1) is 11.6. The number of benzene rings is 2. The van der Waals surface area contributed by atoms with Gasteiger partial charge in [0.25, 0.3) is 5.91 Å². The minimum absolute atomic E-state index is 0.187. The SMILES string of the molecule is Cc1cccc(C(=O)O[C@@H](C(=O)NC2CC2)c2ccccc2)c1N. The number of amides is 1. The Morgan fingerprint density at radius 1 is 1.12 bits per heavy atom. The monoisotopic (exact) mass is 324 g/mol. The molecule has 1 saturated carbocycles. The number of para-hydroxylation sites is 1. The number of nitrogen functional groups attached to an aromatic ring is 1. The molecule has 0 heterocycles. The van der Waals surface area contributed by atoms with Crippen molar-refractivity contribution < 1.29 is 14.3 Å². The topological polar surface area (TPSA) is 81.4 Å². The van der Waals surface area contributed by atoms with Crippen LogP contribution in [0.1, 0.15) is 40.4 Å². The van der Waals surface area contributed by atoms with Gasteiger partial charge in [0, 0.05) is 17.3 Å². The number of anilines is 1. The van der Waals surface area contributed by atoms with Crippen LogP contribution >= 0.6 is 0 Å². The van der Waals surface area contributed by atoms with Crippen molar-refractivity contribution in [3.8, 4) is 0 Å². The minimum Gasteiger partial charge on any atom is -0.444 e. The Balaban J connectivity index is 1.84. The highest BCUT2D eigenvalue weighted by atomic mass is 16.5. The normalized spacial score (nSPS) is 14.7. The van der Waals surface area contributed by atoms with Crippen LogP contribution in [0.25, 0.3) is 0 Å². The van der Waals surface area contributed by atoms with Gasteiger partial charge in [-0.2, -0.15) is 0 Å². The van der Waals surface area contributed by atoms with Gasteiger partial charge < -0.3 is 15.8 Å². The van der Waals surface area contributed by atoms with Crippen molar-refractivity contribution in [1.82, 2.24) is 5.32 Å². The van der Waals surface area contributed by atoms with E-state index in [2.05, 4.69) is 5.32 Å². The highest BCUT2D eigenvalue weighted by Crippen LogP contribution is 2.25. The van der Waals surface area contributed by atoms with Gasteiger partial charge in [-0.1, -0.05) is 42.5 Å². The Morgan fingerprint density at radius 2 is 1.83 bits per heavy atom. The number of carbonyl (C=O) groups is 2. The number of hydrogen-bond donors (Lipinski definition) is 2. The highest BCUT2D eigenvalue weighted by Gasteiger charge is 2.31. The molecule has 1 amide bonds. The average Bonchev–Trinajstić information content (AvgIpc) is 3.39. The van der Waals surface area contributed by atoms with Gasteiger partial charge in [-0.3, -0.25) is 4.79 Å². The lowest BCUT2D eigenvalue weighted by molar-refractivity contribution is -0.130. The quantitative estimate of drug-likeness (QED) is 0.654. The van der Waals surface area contributed by atoms with Crippen molar-refractivity contribution in [2.24, 2.45) is 0 Å². The van der Waals surface area contributed by atoms with Crippen LogP contribution in [0.3, 0.4) is 0 Å². The summed E-state index contributed by atoms with van der Waals surface area (Å²) in [6.45, 7) is 1.82. The Bertz CT molecular complexity index is 754. The molecule has 3 N–H and O–H groups in total. The number of aryl methyl sites for hydroxylation is 1. The predicted molar refractivity (Wildman–Crippen MR) is 91.4 cm³/mol. The molecule has 1 aliphatic rings. The Labute approximate surface area is 140 Å². The lowest BCUT2D eigenvalue weighted by atomic mass is 10.1. The fourth-order valence-corrected chi connectivity index (χ4v) is 2.43. The van der Waals surface area contributed by atoms with Crippen molar-refractivity contribution in [3.05, 3.63) is 65.2 Å². The van der Waals surface area contributed by atoms with E-state index in [1.165, 1.54) is 0 Å². The summed E-state index contributed by atoms with van der Waals surface area (Å²) in [5.74, 6) is -0.903. The highest BCUT2D eigenvalue weighted by molar-refractivity contribution is 5.97. The first-order valence-electron chi connectivity index (χ1n) is 7.97. The zero-order valence-corrected chi connectivity index (χ0v) is 13.5. The Kier molecular flexibility index (Phi) is 4.51. The van der Waals surface area contributed by atoms with E-state index in [1.807, 2.05) is 31.2 Å². The molecule has 24 heavy (non-hydrogen) atoms. The van der Waals surface area contributed by atoms with Crippen LogP contribution in [-0.4, -0.2) is 17.9 Å². The molecule has 3 rings (SSSR count). The van der Waals surface area contributed by atoms with Crippen LogP contribution in [-0.2, 0) is 9.53 Å². The standard InChI is InChI=1S/C19H20N2O3/c1-12-6-5-9-15(16(12)20)19(23)24-17(13-7-3-2-4-8-13)18(22)21-14-10-11-14/h2-9,14,17H,10-11,20H2,1H3,(H,21,22)/t17-/m1/s1. The van der Waals surface area contributed by atoms with Gasteiger partial charge in [0.2, 0.25) is 6.10 Å². The maximum atomic E-state index is 12.5.